The summed E-state index contributed by atoms with van der Waals surface area (Å²) in [6, 6.07) is 0. The number of methoxy groups -OCH3 is 2. The van der Waals surface area contributed by atoms with Gasteiger partial charge in [0.2, 0.25) is 5.88 Å². The van der Waals surface area contributed by atoms with Crippen LogP contribution in [-0.4, -0.2) is 43.1 Å². The first-order valence-electron chi connectivity index (χ1n) is 4.65. The van der Waals surface area contributed by atoms with Crippen LogP contribution < -0.4 is 10.1 Å². The van der Waals surface area contributed by atoms with Crippen molar-refractivity contribution in [3.63, 3.8) is 0 Å². The van der Waals surface area contributed by atoms with Crippen molar-refractivity contribution >= 4 is 21.8 Å². The van der Waals surface area contributed by atoms with Crippen LogP contribution in [0.3, 0.4) is 0 Å². The summed E-state index contributed by atoms with van der Waals surface area (Å²) in [6.45, 7) is 0.911. The lowest BCUT2D eigenvalue weighted by atomic mass is 10.4. The molecule has 16 heavy (non-hydrogen) atoms. The van der Waals surface area contributed by atoms with Crippen LogP contribution in [0.4, 0.5) is 0 Å². The molecular formula is C9H14BrN3O3. The summed E-state index contributed by atoms with van der Waals surface area (Å²) in [5, 5.41) is 6.73. The fraction of sp³-hybridized carbons (Fsp3) is 0.556. The molecule has 0 saturated carbocycles. The molecule has 0 aliphatic carbocycles. The Morgan fingerprint density at radius 3 is 2.75 bits per heavy atom. The number of hydrogen-bond acceptors (Lipinski definition) is 4. The average molecular weight is 292 g/mol. The van der Waals surface area contributed by atoms with Gasteiger partial charge in [0, 0.05) is 20.7 Å². The number of carbonyl (C=O) groups excluding carboxylic acids is 1. The Balaban J connectivity index is 2.76. The summed E-state index contributed by atoms with van der Waals surface area (Å²) in [5.41, 5.74) is 0.301. The van der Waals surface area contributed by atoms with E-state index in [2.05, 4.69) is 26.3 Å². The van der Waals surface area contributed by atoms with Gasteiger partial charge >= 0.3 is 0 Å². The van der Waals surface area contributed by atoms with Gasteiger partial charge in [-0.3, -0.25) is 4.79 Å². The zero-order valence-corrected chi connectivity index (χ0v) is 11.0. The van der Waals surface area contributed by atoms with E-state index in [0.717, 1.165) is 0 Å². The third-order valence-corrected chi connectivity index (χ3v) is 2.65. The van der Waals surface area contributed by atoms with Crippen molar-refractivity contribution in [1.82, 2.24) is 15.1 Å². The van der Waals surface area contributed by atoms with Gasteiger partial charge < -0.3 is 14.8 Å². The Labute approximate surface area is 102 Å². The van der Waals surface area contributed by atoms with Gasteiger partial charge in [-0.1, -0.05) is 0 Å². The quantitative estimate of drug-likeness (QED) is 0.806. The standard InChI is InChI=1S/C9H14BrN3O3/c1-13-9(16-3)6(10)7(12-13)8(14)11-4-5-15-2/h4-5H2,1-3H3,(H,11,14). The maximum atomic E-state index is 11.7. The highest BCUT2D eigenvalue weighted by Crippen LogP contribution is 2.27. The van der Waals surface area contributed by atoms with E-state index in [1.165, 1.54) is 11.8 Å². The van der Waals surface area contributed by atoms with Crippen molar-refractivity contribution in [2.75, 3.05) is 27.4 Å². The first-order chi connectivity index (χ1) is 7.61. The zero-order chi connectivity index (χ0) is 12.1. The molecule has 0 atom stereocenters. The second kappa shape index (κ2) is 5.86. The summed E-state index contributed by atoms with van der Waals surface area (Å²) in [5.74, 6) is 0.250. The van der Waals surface area contributed by atoms with Crippen LogP contribution in [0.1, 0.15) is 10.5 Å². The van der Waals surface area contributed by atoms with Crippen LogP contribution in [0.5, 0.6) is 5.88 Å². The predicted octanol–water partition coefficient (Wildman–Crippen LogP) is 0.567. The smallest absolute Gasteiger partial charge is 0.273 e. The highest BCUT2D eigenvalue weighted by atomic mass is 79.9. The van der Waals surface area contributed by atoms with E-state index in [4.69, 9.17) is 9.47 Å². The minimum Gasteiger partial charge on any atom is -0.480 e. The Hall–Kier alpha value is -1.08. The first kappa shape index (κ1) is 13.0. The number of amides is 1. The summed E-state index contributed by atoms with van der Waals surface area (Å²) in [7, 11) is 4.80. The molecule has 0 aliphatic heterocycles. The number of nitrogens with zero attached hydrogens (tertiary/aromatic N) is 2. The number of aromatic nitrogens is 2. The third-order valence-electron chi connectivity index (χ3n) is 1.94. The number of nitrogens with one attached hydrogen (secondary N) is 1. The van der Waals surface area contributed by atoms with Crippen molar-refractivity contribution in [2.24, 2.45) is 7.05 Å². The number of aryl methyl sites for hydroxylation is 1. The lowest BCUT2D eigenvalue weighted by Gasteiger charge is -2.01. The van der Waals surface area contributed by atoms with Gasteiger partial charge in [-0.15, -0.1) is 0 Å². The molecule has 6 nitrogen and oxygen atoms in total. The second-order valence-electron chi connectivity index (χ2n) is 3.04. The number of carbonyl (C=O) groups is 1. The summed E-state index contributed by atoms with van der Waals surface area (Å²) in [6.07, 6.45) is 0. The number of ether oxygens (including phenoxy) is 2. The summed E-state index contributed by atoms with van der Waals surface area (Å²) in [4.78, 5) is 11.7. The van der Waals surface area contributed by atoms with Crippen LogP contribution in [-0.2, 0) is 11.8 Å². The topological polar surface area (TPSA) is 65.4 Å². The Bertz CT molecular complexity index is 378. The van der Waals surface area contributed by atoms with Crippen molar-refractivity contribution in [2.45, 2.75) is 0 Å². The molecule has 1 rings (SSSR count). The molecule has 7 heteroatoms. The molecule has 0 unspecified atom stereocenters. The van der Waals surface area contributed by atoms with Crippen LogP contribution in [0.25, 0.3) is 0 Å². The molecule has 0 aliphatic rings. The van der Waals surface area contributed by atoms with Crippen molar-refractivity contribution in [3.8, 4) is 5.88 Å². The SMILES string of the molecule is COCCNC(=O)c1nn(C)c(OC)c1Br. The van der Waals surface area contributed by atoms with E-state index in [-0.39, 0.29) is 5.91 Å². The van der Waals surface area contributed by atoms with Gasteiger partial charge in [-0.05, 0) is 15.9 Å². The highest BCUT2D eigenvalue weighted by Gasteiger charge is 2.20. The van der Waals surface area contributed by atoms with Gasteiger partial charge in [-0.2, -0.15) is 5.10 Å². The molecule has 90 valence electrons. The lowest BCUT2D eigenvalue weighted by molar-refractivity contribution is 0.0930. The fourth-order valence-electron chi connectivity index (χ4n) is 1.20. The van der Waals surface area contributed by atoms with Gasteiger partial charge in [0.15, 0.2) is 5.69 Å². The van der Waals surface area contributed by atoms with Crippen LogP contribution >= 0.6 is 15.9 Å². The Kier molecular flexibility index (Phi) is 4.75. The van der Waals surface area contributed by atoms with Crippen LogP contribution in [0.15, 0.2) is 4.47 Å². The molecule has 0 bridgehead atoms. The first-order valence-corrected chi connectivity index (χ1v) is 5.44. The summed E-state index contributed by atoms with van der Waals surface area (Å²) < 4.78 is 12.0. The molecule has 0 aromatic carbocycles. The van der Waals surface area contributed by atoms with E-state index in [1.807, 2.05) is 0 Å². The number of hydrogen-bond donors (Lipinski definition) is 1. The molecule has 1 N–H and O–H groups in total. The molecule has 1 aromatic heterocycles. The van der Waals surface area contributed by atoms with E-state index in [9.17, 15) is 4.79 Å². The van der Waals surface area contributed by atoms with E-state index in [1.54, 1.807) is 14.2 Å². The Morgan fingerprint density at radius 2 is 2.25 bits per heavy atom. The van der Waals surface area contributed by atoms with E-state index >= 15 is 0 Å². The van der Waals surface area contributed by atoms with Crippen LogP contribution in [0.2, 0.25) is 0 Å². The second-order valence-corrected chi connectivity index (χ2v) is 3.84. The van der Waals surface area contributed by atoms with E-state index < -0.39 is 0 Å². The molecule has 1 aromatic rings. The highest BCUT2D eigenvalue weighted by molar-refractivity contribution is 9.10. The van der Waals surface area contributed by atoms with Gasteiger partial charge in [-0.25, -0.2) is 4.68 Å². The monoisotopic (exact) mass is 291 g/mol. The summed E-state index contributed by atoms with van der Waals surface area (Å²) >= 11 is 3.27. The van der Waals surface area contributed by atoms with Gasteiger partial charge in [0.1, 0.15) is 4.47 Å². The van der Waals surface area contributed by atoms with E-state index in [0.29, 0.717) is 29.2 Å². The molecule has 0 spiro atoms. The molecule has 1 amide bonds. The normalized spacial score (nSPS) is 10.2. The maximum absolute atomic E-state index is 11.7. The minimum atomic E-state index is -0.261. The molecular weight excluding hydrogens is 278 g/mol. The average Bonchev–Trinajstić information content (AvgIpc) is 2.54. The largest absolute Gasteiger partial charge is 0.480 e. The van der Waals surface area contributed by atoms with Gasteiger partial charge in [0.25, 0.3) is 5.91 Å². The number of rotatable bonds is 5. The number of halogens is 1. The van der Waals surface area contributed by atoms with Crippen molar-refractivity contribution in [1.29, 1.82) is 0 Å². The molecule has 0 saturated heterocycles. The lowest BCUT2D eigenvalue weighted by Crippen LogP contribution is -2.27. The Morgan fingerprint density at radius 1 is 1.56 bits per heavy atom. The maximum Gasteiger partial charge on any atom is 0.273 e. The molecule has 0 fully saturated rings. The fourth-order valence-corrected chi connectivity index (χ4v) is 1.88. The molecule has 1 heterocycles. The van der Waals surface area contributed by atoms with Crippen molar-refractivity contribution in [3.05, 3.63) is 10.2 Å². The van der Waals surface area contributed by atoms with Crippen LogP contribution in [0, 0.1) is 0 Å². The third kappa shape index (κ3) is 2.73. The molecule has 0 radical (unpaired) electrons. The van der Waals surface area contributed by atoms with Gasteiger partial charge in [0.05, 0.1) is 13.7 Å². The minimum absolute atomic E-state index is 0.261. The predicted molar refractivity (Wildman–Crippen MR) is 61.7 cm³/mol. The van der Waals surface area contributed by atoms with Crippen molar-refractivity contribution < 1.29 is 14.3 Å². The zero-order valence-electron chi connectivity index (χ0n) is 9.41.